The first-order chi connectivity index (χ1) is 7.31. The van der Waals surface area contributed by atoms with Crippen molar-refractivity contribution in [1.29, 1.82) is 0 Å². The maximum Gasteiger partial charge on any atom is 0.167 e. The van der Waals surface area contributed by atoms with Gasteiger partial charge < -0.3 is 12.4 Å². The first-order valence-electron chi connectivity index (χ1n) is 6.28. The Morgan fingerprint density at radius 3 is 2.44 bits per heavy atom. The van der Waals surface area contributed by atoms with Gasteiger partial charge in [0, 0.05) is 6.42 Å². The van der Waals surface area contributed by atoms with E-state index in [4.69, 9.17) is 0 Å². The Labute approximate surface area is 105 Å². The quantitative estimate of drug-likeness (QED) is 0.585. The average molecular weight is 246 g/mol. The molecule has 16 heavy (non-hydrogen) atoms. The van der Waals surface area contributed by atoms with Gasteiger partial charge in [-0.3, -0.25) is 0 Å². The molecule has 1 rings (SSSR count). The van der Waals surface area contributed by atoms with Crippen molar-refractivity contribution in [1.82, 2.24) is 9.90 Å². The van der Waals surface area contributed by atoms with Crippen molar-refractivity contribution in [3.05, 3.63) is 11.9 Å². The predicted molar refractivity (Wildman–Crippen MR) is 61.6 cm³/mol. The average Bonchev–Trinajstić information content (AvgIpc) is 2.66. The summed E-state index contributed by atoms with van der Waals surface area (Å²) in [6.45, 7) is 8.65. The van der Waals surface area contributed by atoms with Crippen molar-refractivity contribution in [3.8, 4) is 0 Å². The van der Waals surface area contributed by atoms with Crippen molar-refractivity contribution >= 4 is 0 Å². The van der Waals surface area contributed by atoms with Crippen LogP contribution in [0.15, 0.2) is 6.20 Å². The Bertz CT molecular complexity index is 284. The third kappa shape index (κ3) is 4.52. The SMILES string of the molecule is CCCCc1c[n+](CCCC)nn1CC.[Cl-]. The molecule has 0 unspecified atom stereocenters. The number of rotatable bonds is 7. The second kappa shape index (κ2) is 8.57. The van der Waals surface area contributed by atoms with Gasteiger partial charge in [-0.05, 0) is 19.8 Å². The zero-order chi connectivity index (χ0) is 11.1. The van der Waals surface area contributed by atoms with E-state index in [9.17, 15) is 0 Å². The van der Waals surface area contributed by atoms with E-state index in [-0.39, 0.29) is 12.4 Å². The lowest BCUT2D eigenvalue weighted by atomic mass is 10.2. The summed E-state index contributed by atoms with van der Waals surface area (Å²) in [4.78, 5) is 0. The number of nitrogens with zero attached hydrogens (tertiary/aromatic N) is 3. The summed E-state index contributed by atoms with van der Waals surface area (Å²) >= 11 is 0. The highest BCUT2D eigenvalue weighted by Gasteiger charge is 2.12. The molecule has 0 spiro atoms. The van der Waals surface area contributed by atoms with E-state index in [1.54, 1.807) is 0 Å². The number of halogens is 1. The first kappa shape index (κ1) is 15.4. The molecule has 1 heterocycles. The van der Waals surface area contributed by atoms with Gasteiger partial charge in [0.15, 0.2) is 11.9 Å². The van der Waals surface area contributed by atoms with Crippen LogP contribution >= 0.6 is 0 Å². The molecule has 0 fully saturated rings. The van der Waals surface area contributed by atoms with Gasteiger partial charge in [-0.25, -0.2) is 0 Å². The maximum atomic E-state index is 4.55. The lowest BCUT2D eigenvalue weighted by Crippen LogP contribution is -3.00. The molecule has 1 aromatic heterocycles. The number of unbranched alkanes of at least 4 members (excludes halogenated alkanes) is 2. The van der Waals surface area contributed by atoms with Gasteiger partial charge in [0.1, 0.15) is 13.1 Å². The predicted octanol–water partition coefficient (Wildman–Crippen LogP) is -0.663. The highest BCUT2D eigenvalue weighted by atomic mass is 35.5. The van der Waals surface area contributed by atoms with E-state index in [0.717, 1.165) is 19.5 Å². The molecular formula is C12H24ClN3. The molecule has 0 bridgehead atoms. The Morgan fingerprint density at radius 2 is 1.88 bits per heavy atom. The molecule has 0 N–H and O–H groups in total. The van der Waals surface area contributed by atoms with Crippen LogP contribution < -0.4 is 17.1 Å². The topological polar surface area (TPSA) is 21.7 Å². The van der Waals surface area contributed by atoms with Crippen molar-refractivity contribution in [3.63, 3.8) is 0 Å². The van der Waals surface area contributed by atoms with Gasteiger partial charge in [0.05, 0.1) is 5.21 Å². The molecule has 1 aromatic rings. The molecule has 4 heteroatoms. The van der Waals surface area contributed by atoms with Gasteiger partial charge in [0.25, 0.3) is 0 Å². The fourth-order valence-corrected chi connectivity index (χ4v) is 1.71. The van der Waals surface area contributed by atoms with Crippen LogP contribution in [-0.4, -0.2) is 9.90 Å². The molecule has 0 radical (unpaired) electrons. The summed E-state index contributed by atoms with van der Waals surface area (Å²) in [5.41, 5.74) is 1.38. The smallest absolute Gasteiger partial charge is 0.167 e. The molecule has 0 atom stereocenters. The molecule has 0 aliphatic carbocycles. The van der Waals surface area contributed by atoms with Crippen LogP contribution in [0.4, 0.5) is 0 Å². The van der Waals surface area contributed by atoms with E-state index in [0.29, 0.717) is 0 Å². The van der Waals surface area contributed by atoms with Crippen LogP contribution in [0, 0.1) is 0 Å². The minimum atomic E-state index is 0. The maximum absolute atomic E-state index is 4.55. The fraction of sp³-hybridized carbons (Fsp3) is 0.833. The zero-order valence-electron chi connectivity index (χ0n) is 10.7. The minimum Gasteiger partial charge on any atom is -1.00 e. The van der Waals surface area contributed by atoms with Crippen LogP contribution in [0.1, 0.15) is 52.1 Å². The summed E-state index contributed by atoms with van der Waals surface area (Å²) < 4.78 is 4.23. The Morgan fingerprint density at radius 1 is 1.19 bits per heavy atom. The first-order valence-corrected chi connectivity index (χ1v) is 6.28. The van der Waals surface area contributed by atoms with Gasteiger partial charge in [0.2, 0.25) is 0 Å². The molecule has 0 aromatic carbocycles. The number of aryl methyl sites for hydroxylation is 3. The van der Waals surface area contributed by atoms with Crippen LogP contribution in [0.3, 0.4) is 0 Å². The Balaban J connectivity index is 0.00000225. The van der Waals surface area contributed by atoms with Crippen LogP contribution in [-0.2, 0) is 19.5 Å². The number of hydrogen-bond acceptors (Lipinski definition) is 1. The third-order valence-corrected chi connectivity index (χ3v) is 2.68. The minimum absolute atomic E-state index is 0. The summed E-state index contributed by atoms with van der Waals surface area (Å²) in [6, 6.07) is 0. The third-order valence-electron chi connectivity index (χ3n) is 2.68. The zero-order valence-corrected chi connectivity index (χ0v) is 11.5. The molecular weight excluding hydrogens is 222 g/mol. The fourth-order valence-electron chi connectivity index (χ4n) is 1.71. The summed E-state index contributed by atoms with van der Waals surface area (Å²) in [6.07, 6.45) is 8.35. The van der Waals surface area contributed by atoms with Crippen molar-refractivity contribution in [2.24, 2.45) is 0 Å². The molecule has 0 aliphatic rings. The van der Waals surface area contributed by atoms with E-state index in [1.807, 2.05) is 0 Å². The summed E-state index contributed by atoms with van der Waals surface area (Å²) in [5.74, 6) is 0. The molecule has 0 saturated carbocycles. The van der Waals surface area contributed by atoms with Gasteiger partial charge in [-0.15, -0.1) is 9.36 Å². The molecule has 0 amide bonds. The van der Waals surface area contributed by atoms with E-state index >= 15 is 0 Å². The summed E-state index contributed by atoms with van der Waals surface area (Å²) in [7, 11) is 0. The highest BCUT2D eigenvalue weighted by molar-refractivity contribution is 4.90. The lowest BCUT2D eigenvalue weighted by molar-refractivity contribution is -0.755. The molecule has 0 saturated heterocycles. The monoisotopic (exact) mass is 245 g/mol. The Kier molecular flexibility index (Phi) is 8.26. The van der Waals surface area contributed by atoms with Crippen molar-refractivity contribution < 1.29 is 17.1 Å². The molecule has 0 aliphatic heterocycles. The highest BCUT2D eigenvalue weighted by Crippen LogP contribution is 2.02. The largest absolute Gasteiger partial charge is 1.00 e. The molecule has 94 valence electrons. The standard InChI is InChI=1S/C12H24N3.ClH/c1-4-7-9-12-11-14(10-8-5-2)13-15(12)6-3;/h11H,4-10H2,1-3H3;1H/q+1;/p-1. The van der Waals surface area contributed by atoms with E-state index in [1.165, 1.54) is 31.4 Å². The Hall–Kier alpha value is -0.570. The lowest BCUT2D eigenvalue weighted by Gasteiger charge is -1.93. The van der Waals surface area contributed by atoms with E-state index in [2.05, 4.69) is 41.5 Å². The molecule has 3 nitrogen and oxygen atoms in total. The second-order valence-corrected chi connectivity index (χ2v) is 4.05. The van der Waals surface area contributed by atoms with E-state index < -0.39 is 0 Å². The van der Waals surface area contributed by atoms with Gasteiger partial charge in [-0.2, -0.15) is 0 Å². The van der Waals surface area contributed by atoms with Crippen molar-refractivity contribution in [2.45, 2.75) is 66.0 Å². The summed E-state index contributed by atoms with van der Waals surface area (Å²) in [5, 5.41) is 4.55. The number of hydrogen-bond donors (Lipinski definition) is 0. The van der Waals surface area contributed by atoms with Gasteiger partial charge >= 0.3 is 0 Å². The van der Waals surface area contributed by atoms with Crippen LogP contribution in [0.5, 0.6) is 0 Å². The normalized spacial score (nSPS) is 10.2. The number of aromatic nitrogens is 3. The van der Waals surface area contributed by atoms with Crippen molar-refractivity contribution in [2.75, 3.05) is 0 Å². The van der Waals surface area contributed by atoms with Crippen LogP contribution in [0.2, 0.25) is 0 Å². The second-order valence-electron chi connectivity index (χ2n) is 4.05. The van der Waals surface area contributed by atoms with Gasteiger partial charge in [-0.1, -0.05) is 26.7 Å². The van der Waals surface area contributed by atoms with Crippen LogP contribution in [0.25, 0.3) is 0 Å².